The molecule has 2 heterocycles. The maximum absolute atomic E-state index is 11.7. The van der Waals surface area contributed by atoms with E-state index in [1.165, 1.54) is 7.11 Å². The summed E-state index contributed by atoms with van der Waals surface area (Å²) in [6, 6.07) is 7.93. The first-order valence-electron chi connectivity index (χ1n) is 6.46. The molecule has 2 unspecified atom stereocenters. The third-order valence-corrected chi connectivity index (χ3v) is 3.79. The summed E-state index contributed by atoms with van der Waals surface area (Å²) >= 11 is 0. The fraction of sp³-hybridized carbons (Fsp3) is 0.429. The van der Waals surface area contributed by atoms with Crippen molar-refractivity contribution in [3.63, 3.8) is 0 Å². The van der Waals surface area contributed by atoms with Crippen LogP contribution >= 0.6 is 0 Å². The van der Waals surface area contributed by atoms with E-state index in [0.717, 1.165) is 23.5 Å². The molecule has 2 aromatic rings. The molecule has 0 spiro atoms. The summed E-state index contributed by atoms with van der Waals surface area (Å²) in [5.41, 5.74) is 1.97. The number of methoxy groups -OCH3 is 1. The standard InChI is InChI=1S/C14H17N3O2/c1-9-7-17(8-10(9)13(18)19-2)14-15-11-5-3-4-6-12(11)16-14/h3-6,9-10H,7-8H2,1-2H3,(H,15,16). The van der Waals surface area contributed by atoms with Gasteiger partial charge in [0, 0.05) is 13.1 Å². The number of imidazole rings is 1. The molecular weight excluding hydrogens is 242 g/mol. The minimum atomic E-state index is -0.133. The Morgan fingerprint density at radius 3 is 2.95 bits per heavy atom. The highest BCUT2D eigenvalue weighted by atomic mass is 16.5. The van der Waals surface area contributed by atoms with Crippen molar-refractivity contribution in [3.8, 4) is 0 Å². The number of aromatic amines is 1. The number of carbonyl (C=O) groups is 1. The molecule has 1 aromatic carbocycles. The van der Waals surface area contributed by atoms with Crippen molar-refractivity contribution in [2.45, 2.75) is 6.92 Å². The predicted molar refractivity (Wildman–Crippen MR) is 73.0 cm³/mol. The zero-order valence-corrected chi connectivity index (χ0v) is 11.1. The van der Waals surface area contributed by atoms with Crippen LogP contribution in [-0.2, 0) is 9.53 Å². The number of nitrogens with zero attached hydrogens (tertiary/aromatic N) is 2. The summed E-state index contributed by atoms with van der Waals surface area (Å²) in [7, 11) is 1.44. The molecule has 0 amide bonds. The number of anilines is 1. The van der Waals surface area contributed by atoms with Gasteiger partial charge in [-0.25, -0.2) is 4.98 Å². The van der Waals surface area contributed by atoms with Crippen molar-refractivity contribution in [1.29, 1.82) is 0 Å². The van der Waals surface area contributed by atoms with Gasteiger partial charge in [-0.15, -0.1) is 0 Å². The number of aromatic nitrogens is 2. The van der Waals surface area contributed by atoms with E-state index in [4.69, 9.17) is 4.74 Å². The fourth-order valence-corrected chi connectivity index (χ4v) is 2.69. The Morgan fingerprint density at radius 2 is 2.21 bits per heavy atom. The average molecular weight is 259 g/mol. The maximum atomic E-state index is 11.7. The molecule has 1 N–H and O–H groups in total. The van der Waals surface area contributed by atoms with Crippen molar-refractivity contribution in [3.05, 3.63) is 24.3 Å². The Hall–Kier alpha value is -2.04. The molecule has 2 atom stereocenters. The second-order valence-corrected chi connectivity index (χ2v) is 5.09. The third kappa shape index (κ3) is 2.05. The molecule has 0 bridgehead atoms. The predicted octanol–water partition coefficient (Wildman–Crippen LogP) is 1.81. The highest BCUT2D eigenvalue weighted by Gasteiger charge is 2.36. The number of hydrogen-bond acceptors (Lipinski definition) is 4. The van der Waals surface area contributed by atoms with E-state index in [9.17, 15) is 4.79 Å². The van der Waals surface area contributed by atoms with E-state index in [0.29, 0.717) is 6.54 Å². The van der Waals surface area contributed by atoms with Gasteiger partial charge in [0.2, 0.25) is 5.95 Å². The first-order valence-corrected chi connectivity index (χ1v) is 6.46. The van der Waals surface area contributed by atoms with Crippen molar-refractivity contribution in [2.75, 3.05) is 25.1 Å². The van der Waals surface area contributed by atoms with Gasteiger partial charge < -0.3 is 14.6 Å². The van der Waals surface area contributed by atoms with Crippen molar-refractivity contribution in [2.24, 2.45) is 11.8 Å². The maximum Gasteiger partial charge on any atom is 0.310 e. The fourth-order valence-electron chi connectivity index (χ4n) is 2.69. The second-order valence-electron chi connectivity index (χ2n) is 5.09. The summed E-state index contributed by atoms with van der Waals surface area (Å²) in [6.45, 7) is 3.55. The lowest BCUT2D eigenvalue weighted by molar-refractivity contribution is -0.145. The van der Waals surface area contributed by atoms with Crippen LogP contribution in [0.5, 0.6) is 0 Å². The Balaban J connectivity index is 1.85. The number of rotatable bonds is 2. The molecule has 0 aliphatic carbocycles. The molecule has 0 radical (unpaired) electrons. The molecule has 3 rings (SSSR count). The van der Waals surface area contributed by atoms with Crippen LogP contribution in [0.1, 0.15) is 6.92 Å². The molecule has 5 heteroatoms. The largest absolute Gasteiger partial charge is 0.469 e. The first kappa shape index (κ1) is 12.0. The topological polar surface area (TPSA) is 58.2 Å². The molecular formula is C14H17N3O2. The number of H-pyrrole nitrogens is 1. The Bertz CT molecular complexity index is 575. The molecule has 0 saturated carbocycles. The smallest absolute Gasteiger partial charge is 0.310 e. The monoisotopic (exact) mass is 259 g/mol. The van der Waals surface area contributed by atoms with Crippen LogP contribution in [0.3, 0.4) is 0 Å². The van der Waals surface area contributed by atoms with Gasteiger partial charge in [-0.05, 0) is 18.1 Å². The molecule has 1 aromatic heterocycles. The van der Waals surface area contributed by atoms with Crippen LogP contribution in [0.25, 0.3) is 11.0 Å². The van der Waals surface area contributed by atoms with Gasteiger partial charge in [0.1, 0.15) is 0 Å². The number of carbonyl (C=O) groups excluding carboxylic acids is 1. The zero-order valence-electron chi connectivity index (χ0n) is 11.1. The number of esters is 1. The van der Waals surface area contributed by atoms with Crippen LogP contribution in [0, 0.1) is 11.8 Å². The van der Waals surface area contributed by atoms with Gasteiger partial charge in [0.15, 0.2) is 0 Å². The van der Waals surface area contributed by atoms with Gasteiger partial charge in [-0.1, -0.05) is 19.1 Å². The van der Waals surface area contributed by atoms with Gasteiger partial charge in [-0.3, -0.25) is 4.79 Å². The quantitative estimate of drug-likeness (QED) is 0.836. The molecule has 100 valence electrons. The number of nitrogens with one attached hydrogen (secondary N) is 1. The number of para-hydroxylation sites is 2. The highest BCUT2D eigenvalue weighted by Crippen LogP contribution is 2.28. The Morgan fingerprint density at radius 1 is 1.42 bits per heavy atom. The minimum Gasteiger partial charge on any atom is -0.469 e. The summed E-state index contributed by atoms with van der Waals surface area (Å²) in [5, 5.41) is 0. The molecule has 1 fully saturated rings. The van der Waals surface area contributed by atoms with Gasteiger partial charge in [0.05, 0.1) is 24.1 Å². The van der Waals surface area contributed by atoms with Crippen molar-refractivity contribution >= 4 is 23.0 Å². The third-order valence-electron chi connectivity index (χ3n) is 3.79. The average Bonchev–Trinajstić information content (AvgIpc) is 3.00. The number of benzene rings is 1. The first-order chi connectivity index (χ1) is 9.19. The SMILES string of the molecule is COC(=O)C1CN(c2nc3ccccc3[nH]2)CC1C. The summed E-state index contributed by atoms with van der Waals surface area (Å²) < 4.78 is 4.85. The Labute approximate surface area is 111 Å². The summed E-state index contributed by atoms with van der Waals surface area (Å²) in [5.74, 6) is 0.907. The minimum absolute atomic E-state index is 0.0711. The van der Waals surface area contributed by atoms with Crippen LogP contribution in [0.2, 0.25) is 0 Å². The van der Waals surface area contributed by atoms with Gasteiger partial charge in [0.25, 0.3) is 0 Å². The highest BCUT2D eigenvalue weighted by molar-refractivity contribution is 5.78. The zero-order chi connectivity index (χ0) is 13.4. The second kappa shape index (κ2) is 4.57. The Kier molecular flexibility index (Phi) is 2.89. The van der Waals surface area contributed by atoms with E-state index < -0.39 is 0 Å². The number of fused-ring (bicyclic) bond motifs is 1. The van der Waals surface area contributed by atoms with Gasteiger partial charge >= 0.3 is 5.97 Å². The van der Waals surface area contributed by atoms with Crippen LogP contribution < -0.4 is 4.90 Å². The molecule has 1 aliphatic heterocycles. The van der Waals surface area contributed by atoms with Gasteiger partial charge in [-0.2, -0.15) is 0 Å². The van der Waals surface area contributed by atoms with E-state index in [1.807, 2.05) is 24.3 Å². The van der Waals surface area contributed by atoms with Crippen LogP contribution in [0.4, 0.5) is 5.95 Å². The van der Waals surface area contributed by atoms with E-state index in [2.05, 4.69) is 21.8 Å². The number of ether oxygens (including phenoxy) is 1. The summed E-state index contributed by atoms with van der Waals surface area (Å²) in [6.07, 6.45) is 0. The van der Waals surface area contributed by atoms with Crippen molar-refractivity contribution in [1.82, 2.24) is 9.97 Å². The number of hydrogen-bond donors (Lipinski definition) is 1. The normalized spacial score (nSPS) is 22.9. The van der Waals surface area contributed by atoms with Crippen molar-refractivity contribution < 1.29 is 9.53 Å². The van der Waals surface area contributed by atoms with Crippen LogP contribution in [-0.4, -0.2) is 36.1 Å². The van der Waals surface area contributed by atoms with Crippen LogP contribution in [0.15, 0.2) is 24.3 Å². The van der Waals surface area contributed by atoms with E-state index in [-0.39, 0.29) is 17.8 Å². The lowest BCUT2D eigenvalue weighted by atomic mass is 9.99. The lowest BCUT2D eigenvalue weighted by Gasteiger charge is -2.13. The van der Waals surface area contributed by atoms with E-state index in [1.54, 1.807) is 0 Å². The molecule has 1 aliphatic rings. The van der Waals surface area contributed by atoms with E-state index >= 15 is 0 Å². The lowest BCUT2D eigenvalue weighted by Crippen LogP contribution is -2.24. The molecule has 1 saturated heterocycles. The molecule has 5 nitrogen and oxygen atoms in total. The molecule has 19 heavy (non-hydrogen) atoms. The summed E-state index contributed by atoms with van der Waals surface area (Å²) in [4.78, 5) is 21.7.